The summed E-state index contributed by atoms with van der Waals surface area (Å²) in [6.07, 6.45) is 44.1. The van der Waals surface area contributed by atoms with Gasteiger partial charge in [-0.05, 0) is 57.8 Å². The van der Waals surface area contributed by atoms with E-state index in [2.05, 4.69) is 43.5 Å². The van der Waals surface area contributed by atoms with Crippen molar-refractivity contribution in [3.8, 4) is 0 Å². The Balaban J connectivity index is 4.01. The fraction of sp³-hybridized carbons (Fsp3) is 0.825. The van der Waals surface area contributed by atoms with Crippen molar-refractivity contribution < 1.29 is 22.9 Å². The SMILES string of the molecule is CCCCCCC/C=C\CCCCCCCC(=O)NC(CS(=O)(=O)O)C(O)/C=C/CC/C=C/CCCCCCCCCCCCCC. The first-order valence-electron chi connectivity index (χ1n) is 19.7. The molecule has 47 heavy (non-hydrogen) atoms. The molecule has 276 valence electrons. The maximum absolute atomic E-state index is 12.5. The van der Waals surface area contributed by atoms with Crippen molar-refractivity contribution >= 4 is 16.0 Å². The third-order valence-electron chi connectivity index (χ3n) is 8.79. The Morgan fingerprint density at radius 3 is 1.34 bits per heavy atom. The van der Waals surface area contributed by atoms with Gasteiger partial charge in [0.1, 0.15) is 0 Å². The van der Waals surface area contributed by atoms with E-state index in [1.165, 1.54) is 122 Å². The number of carbonyl (C=O) groups is 1. The van der Waals surface area contributed by atoms with Crippen LogP contribution in [0.4, 0.5) is 0 Å². The molecule has 6 nitrogen and oxygen atoms in total. The van der Waals surface area contributed by atoms with Gasteiger partial charge in [0.2, 0.25) is 5.91 Å². The van der Waals surface area contributed by atoms with Crippen LogP contribution >= 0.6 is 0 Å². The van der Waals surface area contributed by atoms with Crippen LogP contribution in [0.15, 0.2) is 36.5 Å². The lowest BCUT2D eigenvalue weighted by Gasteiger charge is -2.21. The fourth-order valence-electron chi connectivity index (χ4n) is 5.81. The van der Waals surface area contributed by atoms with Crippen molar-refractivity contribution in [2.45, 2.75) is 206 Å². The van der Waals surface area contributed by atoms with Crippen LogP contribution in [0.2, 0.25) is 0 Å². The molecule has 0 aliphatic rings. The number of amides is 1. The Bertz CT molecular complexity index is 883. The first kappa shape index (κ1) is 45.6. The molecule has 0 heterocycles. The smallest absolute Gasteiger partial charge is 0.267 e. The predicted octanol–water partition coefficient (Wildman–Crippen LogP) is 11.4. The van der Waals surface area contributed by atoms with Crippen molar-refractivity contribution in [2.24, 2.45) is 0 Å². The summed E-state index contributed by atoms with van der Waals surface area (Å²) in [6, 6.07) is -1.08. The van der Waals surface area contributed by atoms with Gasteiger partial charge < -0.3 is 10.4 Å². The summed E-state index contributed by atoms with van der Waals surface area (Å²) in [5, 5.41) is 13.2. The molecule has 0 aliphatic carbocycles. The normalized spacial score (nSPS) is 13.7. The molecular formula is C40H75NO5S. The molecule has 2 atom stereocenters. The van der Waals surface area contributed by atoms with Crippen molar-refractivity contribution in [1.82, 2.24) is 5.32 Å². The van der Waals surface area contributed by atoms with E-state index in [4.69, 9.17) is 0 Å². The number of carbonyl (C=O) groups excluding carboxylic acids is 1. The van der Waals surface area contributed by atoms with Gasteiger partial charge in [0, 0.05) is 6.42 Å². The molecule has 2 unspecified atom stereocenters. The zero-order valence-corrected chi connectivity index (χ0v) is 31.5. The lowest BCUT2D eigenvalue weighted by atomic mass is 10.0. The van der Waals surface area contributed by atoms with Crippen LogP contribution in [-0.4, -0.2) is 41.9 Å². The van der Waals surface area contributed by atoms with Gasteiger partial charge in [0.15, 0.2) is 0 Å². The van der Waals surface area contributed by atoms with Gasteiger partial charge in [-0.25, -0.2) is 0 Å². The van der Waals surface area contributed by atoms with Gasteiger partial charge in [-0.15, -0.1) is 0 Å². The highest BCUT2D eigenvalue weighted by molar-refractivity contribution is 7.85. The van der Waals surface area contributed by atoms with Crippen LogP contribution in [0.25, 0.3) is 0 Å². The number of hydrogen-bond acceptors (Lipinski definition) is 4. The van der Waals surface area contributed by atoms with Gasteiger partial charge in [0.25, 0.3) is 10.1 Å². The standard InChI is InChI=1S/C40H75NO5S/c1-3-5-7-9-11-13-15-17-19-20-21-22-23-25-27-29-31-33-35-39(42)38(37-47(44,45)46)41-40(43)36-34-32-30-28-26-24-18-16-14-12-10-8-6-4-2/h16,18,25,27,33,35,38-39,42H,3-15,17,19-24,26,28-32,34,36-37H2,1-2H3,(H,41,43)(H,44,45,46)/b18-16-,27-25+,35-33+. The van der Waals surface area contributed by atoms with Gasteiger partial charge >= 0.3 is 0 Å². The second-order valence-electron chi connectivity index (χ2n) is 13.5. The Hall–Kier alpha value is -1.44. The predicted molar refractivity (Wildman–Crippen MR) is 202 cm³/mol. The molecule has 0 saturated carbocycles. The van der Waals surface area contributed by atoms with E-state index in [1.807, 2.05) is 6.08 Å². The van der Waals surface area contributed by atoms with Gasteiger partial charge in [0.05, 0.1) is 17.9 Å². The quantitative estimate of drug-likeness (QED) is 0.0351. The minimum Gasteiger partial charge on any atom is -0.387 e. The van der Waals surface area contributed by atoms with E-state index in [1.54, 1.807) is 0 Å². The Morgan fingerprint density at radius 1 is 0.553 bits per heavy atom. The summed E-state index contributed by atoms with van der Waals surface area (Å²) in [5.41, 5.74) is 0. The van der Waals surface area contributed by atoms with E-state index >= 15 is 0 Å². The topological polar surface area (TPSA) is 104 Å². The summed E-state index contributed by atoms with van der Waals surface area (Å²) in [5.74, 6) is -1.01. The summed E-state index contributed by atoms with van der Waals surface area (Å²) in [4.78, 5) is 12.5. The highest BCUT2D eigenvalue weighted by Crippen LogP contribution is 2.13. The number of rotatable bonds is 35. The Morgan fingerprint density at radius 2 is 0.915 bits per heavy atom. The van der Waals surface area contributed by atoms with Crippen molar-refractivity contribution in [3.05, 3.63) is 36.5 Å². The first-order valence-corrected chi connectivity index (χ1v) is 21.3. The molecule has 0 aromatic heterocycles. The molecule has 0 aromatic rings. The van der Waals surface area contributed by atoms with E-state index < -0.39 is 28.0 Å². The minimum absolute atomic E-state index is 0.278. The molecule has 1 amide bonds. The second kappa shape index (κ2) is 34.4. The summed E-state index contributed by atoms with van der Waals surface area (Å²) < 4.78 is 32.4. The highest BCUT2D eigenvalue weighted by Gasteiger charge is 2.24. The second-order valence-corrected chi connectivity index (χ2v) is 15.0. The van der Waals surface area contributed by atoms with Crippen molar-refractivity contribution in [3.63, 3.8) is 0 Å². The molecular weight excluding hydrogens is 607 g/mol. The fourth-order valence-corrected chi connectivity index (χ4v) is 6.55. The van der Waals surface area contributed by atoms with Crippen LogP contribution in [0, 0.1) is 0 Å². The molecule has 0 aliphatic heterocycles. The van der Waals surface area contributed by atoms with Gasteiger partial charge in [-0.3, -0.25) is 9.35 Å². The largest absolute Gasteiger partial charge is 0.387 e. The van der Waals surface area contributed by atoms with Crippen LogP contribution in [0.3, 0.4) is 0 Å². The maximum atomic E-state index is 12.5. The number of nitrogens with one attached hydrogen (secondary N) is 1. The molecule has 0 aromatic carbocycles. The number of aliphatic hydroxyl groups is 1. The zero-order chi connectivity index (χ0) is 34.7. The molecule has 0 bridgehead atoms. The highest BCUT2D eigenvalue weighted by atomic mass is 32.2. The van der Waals surface area contributed by atoms with Crippen molar-refractivity contribution in [1.29, 1.82) is 0 Å². The average Bonchev–Trinajstić information content (AvgIpc) is 3.03. The van der Waals surface area contributed by atoms with Crippen LogP contribution in [-0.2, 0) is 14.9 Å². The van der Waals surface area contributed by atoms with E-state index in [9.17, 15) is 22.9 Å². The number of hydrogen-bond donors (Lipinski definition) is 3. The Kier molecular flexibility index (Phi) is 33.4. The third-order valence-corrected chi connectivity index (χ3v) is 9.57. The molecule has 0 saturated heterocycles. The van der Waals surface area contributed by atoms with Crippen LogP contribution in [0.1, 0.15) is 194 Å². The van der Waals surface area contributed by atoms with E-state index in [0.717, 1.165) is 51.4 Å². The molecule has 0 spiro atoms. The number of allylic oxidation sites excluding steroid dienone is 5. The van der Waals surface area contributed by atoms with Crippen LogP contribution in [0.5, 0.6) is 0 Å². The van der Waals surface area contributed by atoms with Crippen molar-refractivity contribution in [2.75, 3.05) is 5.75 Å². The van der Waals surface area contributed by atoms with Gasteiger partial charge in [-0.1, -0.05) is 166 Å². The molecule has 7 heteroatoms. The molecule has 0 radical (unpaired) electrons. The number of aliphatic hydroxyl groups excluding tert-OH is 1. The molecule has 0 rings (SSSR count). The summed E-state index contributed by atoms with van der Waals surface area (Å²) in [6.45, 7) is 4.50. The maximum Gasteiger partial charge on any atom is 0.267 e. The lowest BCUT2D eigenvalue weighted by Crippen LogP contribution is -2.46. The molecule has 3 N–H and O–H groups in total. The summed E-state index contributed by atoms with van der Waals surface area (Å²) in [7, 11) is -4.35. The summed E-state index contributed by atoms with van der Waals surface area (Å²) >= 11 is 0. The lowest BCUT2D eigenvalue weighted by molar-refractivity contribution is -0.122. The zero-order valence-electron chi connectivity index (χ0n) is 30.7. The van der Waals surface area contributed by atoms with Gasteiger partial charge in [-0.2, -0.15) is 8.42 Å². The van der Waals surface area contributed by atoms with E-state index in [-0.39, 0.29) is 12.3 Å². The van der Waals surface area contributed by atoms with Crippen LogP contribution < -0.4 is 5.32 Å². The minimum atomic E-state index is -4.35. The third kappa shape index (κ3) is 35.7. The average molecular weight is 682 g/mol. The number of unbranched alkanes of at least 4 members (excludes halogenated alkanes) is 23. The van der Waals surface area contributed by atoms with E-state index in [0.29, 0.717) is 6.42 Å². The monoisotopic (exact) mass is 682 g/mol. The molecule has 0 fully saturated rings. The first-order chi connectivity index (χ1) is 22.8. The Labute approximate surface area is 291 Å².